The number of hydrogen-bond donors (Lipinski definition) is 0. The first-order valence-corrected chi connectivity index (χ1v) is 6.24. The Bertz CT molecular complexity index is 220. The SMILES string of the molecule is CC(C)[C@@H](CSC1=CC=CC1)N(C)C. The second kappa shape index (κ2) is 5.62. The van der Waals surface area contributed by atoms with Crippen LogP contribution in [0.1, 0.15) is 20.3 Å². The van der Waals surface area contributed by atoms with Crippen molar-refractivity contribution in [2.45, 2.75) is 26.3 Å². The first-order chi connectivity index (χ1) is 6.61. The van der Waals surface area contributed by atoms with E-state index in [2.05, 4.69) is 51.1 Å². The number of hydrogen-bond acceptors (Lipinski definition) is 2. The highest BCUT2D eigenvalue weighted by atomic mass is 32.2. The zero-order valence-corrected chi connectivity index (χ0v) is 10.5. The minimum absolute atomic E-state index is 0.682. The van der Waals surface area contributed by atoms with Crippen LogP contribution in [0.3, 0.4) is 0 Å². The van der Waals surface area contributed by atoms with Crippen LogP contribution < -0.4 is 0 Å². The lowest BCUT2D eigenvalue weighted by atomic mass is 10.1. The predicted molar refractivity (Wildman–Crippen MR) is 66.6 cm³/mol. The predicted octanol–water partition coefficient (Wildman–Crippen LogP) is 3.15. The molecule has 14 heavy (non-hydrogen) atoms. The van der Waals surface area contributed by atoms with Gasteiger partial charge < -0.3 is 4.90 Å². The lowest BCUT2D eigenvalue weighted by molar-refractivity contribution is 0.256. The molecule has 0 fully saturated rings. The van der Waals surface area contributed by atoms with E-state index in [0.29, 0.717) is 6.04 Å². The molecule has 0 aliphatic heterocycles. The van der Waals surface area contributed by atoms with E-state index >= 15 is 0 Å². The first-order valence-electron chi connectivity index (χ1n) is 5.26. The molecule has 0 spiro atoms. The molecule has 0 aromatic rings. The van der Waals surface area contributed by atoms with Crippen molar-refractivity contribution < 1.29 is 0 Å². The Labute approximate surface area is 92.3 Å². The van der Waals surface area contributed by atoms with Crippen LogP contribution in [0, 0.1) is 5.92 Å². The van der Waals surface area contributed by atoms with Crippen LogP contribution in [0.25, 0.3) is 0 Å². The molecule has 1 aliphatic rings. The summed E-state index contributed by atoms with van der Waals surface area (Å²) < 4.78 is 0. The normalized spacial score (nSPS) is 18.0. The number of allylic oxidation sites excluding steroid dienone is 4. The minimum atomic E-state index is 0.682. The van der Waals surface area contributed by atoms with Crippen LogP contribution in [0.15, 0.2) is 23.1 Å². The third-order valence-corrected chi connectivity index (χ3v) is 3.79. The largest absolute Gasteiger partial charge is 0.305 e. The Kier molecular flexibility index (Phi) is 4.76. The topological polar surface area (TPSA) is 3.24 Å². The van der Waals surface area contributed by atoms with Crippen LogP contribution in [-0.2, 0) is 0 Å². The molecule has 0 radical (unpaired) electrons. The molecule has 0 amide bonds. The molecular formula is C12H21NS. The molecule has 1 aliphatic carbocycles. The van der Waals surface area contributed by atoms with Crippen molar-refractivity contribution in [3.05, 3.63) is 23.1 Å². The minimum Gasteiger partial charge on any atom is -0.305 e. The van der Waals surface area contributed by atoms with E-state index in [-0.39, 0.29) is 0 Å². The number of nitrogens with zero attached hydrogens (tertiary/aromatic N) is 1. The molecular weight excluding hydrogens is 190 g/mol. The molecule has 0 aromatic heterocycles. The lowest BCUT2D eigenvalue weighted by Crippen LogP contribution is -2.34. The fourth-order valence-corrected chi connectivity index (χ4v) is 3.12. The highest BCUT2D eigenvalue weighted by Crippen LogP contribution is 2.26. The van der Waals surface area contributed by atoms with Crippen molar-refractivity contribution in [2.24, 2.45) is 5.92 Å². The Hall–Kier alpha value is -0.210. The van der Waals surface area contributed by atoms with Crippen molar-refractivity contribution in [1.82, 2.24) is 4.90 Å². The second-order valence-corrected chi connectivity index (χ2v) is 5.50. The molecule has 80 valence electrons. The molecule has 0 heterocycles. The molecule has 0 saturated carbocycles. The smallest absolute Gasteiger partial charge is 0.0206 e. The number of thioether (sulfide) groups is 1. The van der Waals surface area contributed by atoms with Crippen molar-refractivity contribution in [1.29, 1.82) is 0 Å². The monoisotopic (exact) mass is 211 g/mol. The van der Waals surface area contributed by atoms with Gasteiger partial charge in [-0.05, 0) is 31.3 Å². The Morgan fingerprint density at radius 1 is 1.43 bits per heavy atom. The summed E-state index contributed by atoms with van der Waals surface area (Å²) in [5.41, 5.74) is 0. The maximum absolute atomic E-state index is 2.33. The van der Waals surface area contributed by atoms with Gasteiger partial charge in [-0.2, -0.15) is 0 Å². The standard InChI is InChI=1S/C12H21NS/c1-10(2)12(13(3)4)9-14-11-7-5-6-8-11/h5-7,10,12H,8-9H2,1-4H3/t12-/m1/s1. The summed E-state index contributed by atoms with van der Waals surface area (Å²) in [6, 6.07) is 0.682. The van der Waals surface area contributed by atoms with Gasteiger partial charge in [-0.25, -0.2) is 0 Å². The summed E-state index contributed by atoms with van der Waals surface area (Å²) in [4.78, 5) is 3.85. The average Bonchev–Trinajstić information content (AvgIpc) is 2.55. The average molecular weight is 211 g/mol. The lowest BCUT2D eigenvalue weighted by Gasteiger charge is -2.27. The van der Waals surface area contributed by atoms with Crippen LogP contribution in [0.5, 0.6) is 0 Å². The van der Waals surface area contributed by atoms with Gasteiger partial charge >= 0.3 is 0 Å². The maximum atomic E-state index is 2.33. The van der Waals surface area contributed by atoms with Gasteiger partial charge in [0.15, 0.2) is 0 Å². The van der Waals surface area contributed by atoms with Crippen molar-refractivity contribution in [2.75, 3.05) is 19.8 Å². The van der Waals surface area contributed by atoms with E-state index in [1.54, 1.807) is 0 Å². The van der Waals surface area contributed by atoms with Gasteiger partial charge in [0.25, 0.3) is 0 Å². The van der Waals surface area contributed by atoms with Crippen LogP contribution >= 0.6 is 11.8 Å². The van der Waals surface area contributed by atoms with E-state index in [1.807, 2.05) is 11.8 Å². The van der Waals surface area contributed by atoms with Crippen molar-refractivity contribution >= 4 is 11.8 Å². The summed E-state index contributed by atoms with van der Waals surface area (Å²) in [5.74, 6) is 1.94. The zero-order chi connectivity index (χ0) is 10.6. The Morgan fingerprint density at radius 2 is 2.14 bits per heavy atom. The van der Waals surface area contributed by atoms with E-state index in [0.717, 1.165) is 12.3 Å². The van der Waals surface area contributed by atoms with Gasteiger partial charge in [0.1, 0.15) is 0 Å². The van der Waals surface area contributed by atoms with Crippen molar-refractivity contribution in [3.8, 4) is 0 Å². The fourth-order valence-electron chi connectivity index (χ4n) is 1.66. The van der Waals surface area contributed by atoms with Gasteiger partial charge in [-0.15, -0.1) is 11.8 Å². The van der Waals surface area contributed by atoms with E-state index < -0.39 is 0 Å². The third-order valence-electron chi connectivity index (χ3n) is 2.61. The highest BCUT2D eigenvalue weighted by Gasteiger charge is 2.16. The zero-order valence-electron chi connectivity index (χ0n) is 9.66. The van der Waals surface area contributed by atoms with Crippen LogP contribution in [0.4, 0.5) is 0 Å². The number of rotatable bonds is 5. The van der Waals surface area contributed by atoms with Gasteiger partial charge in [0.05, 0.1) is 0 Å². The van der Waals surface area contributed by atoms with Crippen molar-refractivity contribution in [3.63, 3.8) is 0 Å². The quantitative estimate of drug-likeness (QED) is 0.687. The van der Waals surface area contributed by atoms with Gasteiger partial charge in [0, 0.05) is 11.8 Å². The molecule has 1 atom stereocenters. The first kappa shape index (κ1) is 11.9. The summed E-state index contributed by atoms with van der Waals surface area (Å²) in [6.45, 7) is 4.60. The van der Waals surface area contributed by atoms with Crippen LogP contribution in [-0.4, -0.2) is 30.8 Å². The molecule has 0 aromatic carbocycles. The molecule has 2 heteroatoms. The van der Waals surface area contributed by atoms with Crippen LogP contribution in [0.2, 0.25) is 0 Å². The molecule has 1 nitrogen and oxygen atoms in total. The van der Waals surface area contributed by atoms with E-state index in [4.69, 9.17) is 0 Å². The summed E-state index contributed by atoms with van der Waals surface area (Å²) in [7, 11) is 4.35. The maximum Gasteiger partial charge on any atom is 0.0206 e. The Morgan fingerprint density at radius 3 is 2.57 bits per heavy atom. The van der Waals surface area contributed by atoms with E-state index in [9.17, 15) is 0 Å². The molecule has 0 N–H and O–H groups in total. The summed E-state index contributed by atoms with van der Waals surface area (Å²) in [5, 5.41) is 0. The van der Waals surface area contributed by atoms with E-state index in [1.165, 1.54) is 10.7 Å². The van der Waals surface area contributed by atoms with Gasteiger partial charge in [0.2, 0.25) is 0 Å². The fraction of sp³-hybridized carbons (Fsp3) is 0.667. The van der Waals surface area contributed by atoms with Gasteiger partial charge in [-0.1, -0.05) is 32.1 Å². The Balaban J connectivity index is 2.33. The third kappa shape index (κ3) is 3.50. The summed E-state index contributed by atoms with van der Waals surface area (Å²) in [6.07, 6.45) is 7.76. The molecule has 0 saturated heterocycles. The second-order valence-electron chi connectivity index (χ2n) is 4.35. The summed E-state index contributed by atoms with van der Waals surface area (Å²) >= 11 is 2.01. The molecule has 0 bridgehead atoms. The molecule has 0 unspecified atom stereocenters. The highest BCUT2D eigenvalue weighted by molar-refractivity contribution is 8.03. The van der Waals surface area contributed by atoms with Gasteiger partial charge in [-0.3, -0.25) is 0 Å². The molecule has 1 rings (SSSR count).